The molecule has 1 aromatic carbocycles. The molecular weight excluding hydrogens is 201 g/mol. The van der Waals surface area contributed by atoms with Crippen molar-refractivity contribution >= 4 is 5.97 Å². The summed E-state index contributed by atoms with van der Waals surface area (Å²) in [5.41, 5.74) is -1.36. The van der Waals surface area contributed by atoms with E-state index in [0.717, 1.165) is 7.11 Å². The molecule has 1 aromatic rings. The number of rotatable bonds is 2. The maximum atomic E-state index is 13.1. The third-order valence-electron chi connectivity index (χ3n) is 1.56. The van der Waals surface area contributed by atoms with Gasteiger partial charge in [0.1, 0.15) is 5.56 Å². The lowest BCUT2D eigenvalue weighted by Gasteiger charge is -2.05. The van der Waals surface area contributed by atoms with E-state index in [2.05, 4.69) is 4.74 Å². The van der Waals surface area contributed by atoms with Crippen LogP contribution in [0.2, 0.25) is 0 Å². The van der Waals surface area contributed by atoms with Gasteiger partial charge < -0.3 is 9.84 Å². The van der Waals surface area contributed by atoms with Crippen LogP contribution in [0.5, 0.6) is 5.75 Å². The quantitative estimate of drug-likeness (QED) is 0.750. The monoisotopic (exact) mass is 206 g/mol. The number of methoxy groups -OCH3 is 1. The molecule has 0 aliphatic rings. The molecule has 14 heavy (non-hydrogen) atoms. The van der Waals surface area contributed by atoms with Crippen molar-refractivity contribution in [2.75, 3.05) is 7.11 Å². The highest BCUT2D eigenvalue weighted by Crippen LogP contribution is 2.25. The van der Waals surface area contributed by atoms with Gasteiger partial charge in [-0.15, -0.1) is 0 Å². The molecule has 0 aliphatic heterocycles. The minimum atomic E-state index is -1.89. The zero-order chi connectivity index (χ0) is 10.9. The first-order valence-corrected chi connectivity index (χ1v) is 3.43. The molecule has 0 spiro atoms. The second-order valence-electron chi connectivity index (χ2n) is 2.37. The van der Waals surface area contributed by atoms with E-state index in [-0.39, 0.29) is 0 Å². The Morgan fingerprint density at radius 2 is 1.93 bits per heavy atom. The lowest BCUT2D eigenvalue weighted by atomic mass is 10.2. The summed E-state index contributed by atoms with van der Waals surface area (Å²) in [4.78, 5) is 10.4. The molecule has 0 aromatic heterocycles. The van der Waals surface area contributed by atoms with E-state index in [1.54, 1.807) is 0 Å². The molecule has 3 nitrogen and oxygen atoms in total. The maximum Gasteiger partial charge on any atom is 0.341 e. The van der Waals surface area contributed by atoms with Crippen LogP contribution in [0, 0.1) is 17.5 Å². The number of hydrogen-bond donors (Lipinski definition) is 1. The van der Waals surface area contributed by atoms with E-state index in [9.17, 15) is 18.0 Å². The Balaban J connectivity index is 3.53. The number of halogens is 3. The standard InChI is InChI=1S/C8H5F3O3/c1-14-4-2-3(9)6(10)5(7(4)11)8(12)13/h2H,1H3,(H,12,13). The van der Waals surface area contributed by atoms with E-state index in [0.29, 0.717) is 6.07 Å². The van der Waals surface area contributed by atoms with Crippen molar-refractivity contribution in [2.24, 2.45) is 0 Å². The minimum absolute atomic E-state index is 0.442. The van der Waals surface area contributed by atoms with E-state index in [1.807, 2.05) is 0 Å². The minimum Gasteiger partial charge on any atom is -0.494 e. The third kappa shape index (κ3) is 1.50. The number of carbonyl (C=O) groups is 1. The average Bonchev–Trinajstić information content (AvgIpc) is 2.11. The van der Waals surface area contributed by atoms with Crippen LogP contribution in [-0.2, 0) is 0 Å². The highest BCUT2D eigenvalue weighted by Gasteiger charge is 2.24. The van der Waals surface area contributed by atoms with Gasteiger partial charge in [-0.1, -0.05) is 0 Å². The van der Waals surface area contributed by atoms with Gasteiger partial charge in [-0.2, -0.15) is 0 Å². The third-order valence-corrected chi connectivity index (χ3v) is 1.56. The molecule has 6 heteroatoms. The average molecular weight is 206 g/mol. The van der Waals surface area contributed by atoms with Crippen LogP contribution >= 0.6 is 0 Å². The highest BCUT2D eigenvalue weighted by atomic mass is 19.2. The largest absolute Gasteiger partial charge is 0.494 e. The summed E-state index contributed by atoms with van der Waals surface area (Å²) in [5.74, 6) is -7.19. The molecule has 0 saturated carbocycles. The predicted molar refractivity (Wildman–Crippen MR) is 39.8 cm³/mol. The first kappa shape index (κ1) is 10.4. The van der Waals surface area contributed by atoms with Crippen molar-refractivity contribution in [3.8, 4) is 5.75 Å². The van der Waals surface area contributed by atoms with Crippen LogP contribution in [0.25, 0.3) is 0 Å². The molecule has 0 saturated heterocycles. The molecule has 1 N–H and O–H groups in total. The molecule has 76 valence electrons. The van der Waals surface area contributed by atoms with Gasteiger partial charge in [-0.25, -0.2) is 18.0 Å². The zero-order valence-corrected chi connectivity index (χ0v) is 6.97. The predicted octanol–water partition coefficient (Wildman–Crippen LogP) is 1.81. The summed E-state index contributed by atoms with van der Waals surface area (Å²) in [7, 11) is 1.02. The van der Waals surface area contributed by atoms with E-state index >= 15 is 0 Å². The zero-order valence-electron chi connectivity index (χ0n) is 6.97. The smallest absolute Gasteiger partial charge is 0.341 e. The summed E-state index contributed by atoms with van der Waals surface area (Å²) in [6.07, 6.45) is 0. The van der Waals surface area contributed by atoms with Gasteiger partial charge in [0.15, 0.2) is 23.2 Å². The molecule has 0 radical (unpaired) electrons. The van der Waals surface area contributed by atoms with Gasteiger partial charge in [-0.05, 0) is 0 Å². The van der Waals surface area contributed by atoms with Gasteiger partial charge in [-0.3, -0.25) is 0 Å². The number of ether oxygens (including phenoxy) is 1. The Kier molecular flexibility index (Phi) is 2.64. The molecule has 0 fully saturated rings. The first-order chi connectivity index (χ1) is 6.49. The molecule has 0 heterocycles. The Labute approximate surface area is 76.7 Å². The van der Waals surface area contributed by atoms with Gasteiger partial charge >= 0.3 is 5.97 Å². The Morgan fingerprint density at radius 1 is 1.36 bits per heavy atom. The van der Waals surface area contributed by atoms with Crippen molar-refractivity contribution < 1.29 is 27.8 Å². The molecule has 0 atom stereocenters. The molecular formula is C8H5F3O3. The number of hydrogen-bond acceptors (Lipinski definition) is 2. The van der Waals surface area contributed by atoms with Crippen molar-refractivity contribution in [1.82, 2.24) is 0 Å². The Hall–Kier alpha value is -1.72. The van der Waals surface area contributed by atoms with Crippen LogP contribution in [0.1, 0.15) is 10.4 Å². The highest BCUT2D eigenvalue weighted by molar-refractivity contribution is 5.88. The summed E-state index contributed by atoms with van der Waals surface area (Å²) in [6.45, 7) is 0. The van der Waals surface area contributed by atoms with E-state index < -0.39 is 34.7 Å². The van der Waals surface area contributed by atoms with Gasteiger partial charge in [0.2, 0.25) is 0 Å². The van der Waals surface area contributed by atoms with E-state index in [1.165, 1.54) is 0 Å². The normalized spacial score (nSPS) is 10.0. The fraction of sp³-hybridized carbons (Fsp3) is 0.125. The van der Waals surface area contributed by atoms with Crippen LogP contribution in [0.15, 0.2) is 6.07 Å². The van der Waals surface area contributed by atoms with Crippen molar-refractivity contribution in [3.63, 3.8) is 0 Å². The molecule has 0 aliphatic carbocycles. The van der Waals surface area contributed by atoms with Crippen LogP contribution in [0.4, 0.5) is 13.2 Å². The lowest BCUT2D eigenvalue weighted by Crippen LogP contribution is -2.08. The second-order valence-corrected chi connectivity index (χ2v) is 2.37. The fourth-order valence-electron chi connectivity index (χ4n) is 0.917. The maximum absolute atomic E-state index is 13.1. The van der Waals surface area contributed by atoms with Crippen molar-refractivity contribution in [1.29, 1.82) is 0 Å². The van der Waals surface area contributed by atoms with Crippen molar-refractivity contribution in [2.45, 2.75) is 0 Å². The summed E-state index contributed by atoms with van der Waals surface area (Å²) < 4.78 is 42.8. The van der Waals surface area contributed by atoms with Crippen LogP contribution in [0.3, 0.4) is 0 Å². The molecule has 1 rings (SSSR count). The van der Waals surface area contributed by atoms with Crippen molar-refractivity contribution in [3.05, 3.63) is 29.1 Å². The SMILES string of the molecule is COc1cc(F)c(F)c(C(=O)O)c1F. The number of aromatic carboxylic acids is 1. The number of carboxylic acid groups (broad SMARTS) is 1. The summed E-state index contributed by atoms with van der Waals surface area (Å²) in [5, 5.41) is 8.39. The molecule has 0 bridgehead atoms. The van der Waals surface area contributed by atoms with E-state index in [4.69, 9.17) is 5.11 Å². The summed E-state index contributed by atoms with van der Waals surface area (Å²) >= 11 is 0. The first-order valence-electron chi connectivity index (χ1n) is 3.43. The number of benzene rings is 1. The molecule has 0 unspecified atom stereocenters. The van der Waals surface area contributed by atoms with Gasteiger partial charge in [0.05, 0.1) is 7.11 Å². The second kappa shape index (κ2) is 3.57. The Morgan fingerprint density at radius 3 is 2.36 bits per heavy atom. The van der Waals surface area contributed by atoms with Crippen LogP contribution in [-0.4, -0.2) is 18.2 Å². The molecule has 0 amide bonds. The van der Waals surface area contributed by atoms with Gasteiger partial charge in [0, 0.05) is 6.07 Å². The summed E-state index contributed by atoms with van der Waals surface area (Å²) in [6, 6.07) is 0.442. The lowest BCUT2D eigenvalue weighted by molar-refractivity contribution is 0.0684. The number of carboxylic acids is 1. The fourth-order valence-corrected chi connectivity index (χ4v) is 0.917. The van der Waals surface area contributed by atoms with Crippen LogP contribution < -0.4 is 4.74 Å². The Bertz CT molecular complexity index is 390. The van der Waals surface area contributed by atoms with Gasteiger partial charge in [0.25, 0.3) is 0 Å². The topological polar surface area (TPSA) is 46.5 Å².